The molecular formula is C17H13N3O4S. The highest BCUT2D eigenvalue weighted by Crippen LogP contribution is 2.30. The molecule has 4 rings (SSSR count). The Labute approximate surface area is 145 Å². The van der Waals surface area contributed by atoms with Gasteiger partial charge in [0.1, 0.15) is 11.5 Å². The van der Waals surface area contributed by atoms with Crippen LogP contribution < -0.4 is 14.9 Å². The van der Waals surface area contributed by atoms with Crippen LogP contribution in [0, 0.1) is 10.1 Å². The van der Waals surface area contributed by atoms with Gasteiger partial charge in [-0.1, -0.05) is 23.5 Å². The van der Waals surface area contributed by atoms with Crippen molar-refractivity contribution in [1.82, 2.24) is 4.57 Å². The summed E-state index contributed by atoms with van der Waals surface area (Å²) in [6, 6.07) is 9.77. The minimum absolute atomic E-state index is 0.0196. The number of hydrogen-bond donors (Lipinski definition) is 0. The van der Waals surface area contributed by atoms with Crippen molar-refractivity contribution in [3.63, 3.8) is 0 Å². The van der Waals surface area contributed by atoms with E-state index in [0.29, 0.717) is 28.2 Å². The number of nitro benzene ring substituents is 1. The van der Waals surface area contributed by atoms with Gasteiger partial charge in [0.2, 0.25) is 0 Å². The summed E-state index contributed by atoms with van der Waals surface area (Å²) in [5.74, 6) is 0.870. The molecule has 0 radical (unpaired) electrons. The quantitative estimate of drug-likeness (QED) is 0.530. The van der Waals surface area contributed by atoms with E-state index in [1.807, 2.05) is 0 Å². The summed E-state index contributed by atoms with van der Waals surface area (Å²) in [6.07, 6.45) is 2.53. The molecule has 0 bridgehead atoms. The van der Waals surface area contributed by atoms with E-state index in [1.54, 1.807) is 41.0 Å². The van der Waals surface area contributed by atoms with Gasteiger partial charge in [-0.15, -0.1) is 0 Å². The average Bonchev–Trinajstić information content (AvgIpc) is 3.21. The molecule has 0 saturated heterocycles. The fourth-order valence-corrected chi connectivity index (χ4v) is 3.78. The predicted octanol–water partition coefficient (Wildman–Crippen LogP) is 1.93. The summed E-state index contributed by atoms with van der Waals surface area (Å²) in [6.45, 7) is 1.42. The second-order valence-corrected chi connectivity index (χ2v) is 6.57. The lowest BCUT2D eigenvalue weighted by molar-refractivity contribution is -0.384. The summed E-state index contributed by atoms with van der Waals surface area (Å²) < 4.78 is 7.94. The number of fused-ring (bicyclic) bond motifs is 1. The summed E-state index contributed by atoms with van der Waals surface area (Å²) in [4.78, 5) is 28.2. The van der Waals surface area contributed by atoms with Gasteiger partial charge in [-0.05, 0) is 24.6 Å². The van der Waals surface area contributed by atoms with Crippen molar-refractivity contribution in [3.8, 4) is 11.3 Å². The Morgan fingerprint density at radius 3 is 2.92 bits per heavy atom. The Morgan fingerprint density at radius 2 is 2.12 bits per heavy atom. The molecule has 0 amide bonds. The van der Waals surface area contributed by atoms with Crippen LogP contribution in [0.5, 0.6) is 0 Å². The summed E-state index contributed by atoms with van der Waals surface area (Å²) in [5.41, 5.74) is 0.310. The molecule has 0 saturated carbocycles. The number of nitro groups is 1. The third-order valence-corrected chi connectivity index (χ3v) is 4.99. The molecule has 0 N–H and O–H groups in total. The zero-order chi connectivity index (χ0) is 17.4. The van der Waals surface area contributed by atoms with Crippen molar-refractivity contribution >= 4 is 23.1 Å². The van der Waals surface area contributed by atoms with Crippen molar-refractivity contribution in [2.45, 2.75) is 13.0 Å². The van der Waals surface area contributed by atoms with Gasteiger partial charge in [0.05, 0.1) is 15.0 Å². The Kier molecular flexibility index (Phi) is 3.81. The molecule has 3 aromatic rings. The molecule has 1 aromatic carbocycles. The first-order valence-electron chi connectivity index (χ1n) is 7.73. The Bertz CT molecular complexity index is 1140. The zero-order valence-electron chi connectivity index (χ0n) is 13.0. The molecule has 1 aliphatic rings. The molecule has 1 aliphatic heterocycles. The predicted molar refractivity (Wildman–Crippen MR) is 93.2 cm³/mol. The second-order valence-electron chi connectivity index (χ2n) is 5.56. The first-order valence-corrected chi connectivity index (χ1v) is 8.54. The van der Waals surface area contributed by atoms with E-state index >= 15 is 0 Å². The topological polar surface area (TPSA) is 90.6 Å². The van der Waals surface area contributed by atoms with Crippen LogP contribution in [-0.2, 0) is 6.54 Å². The highest BCUT2D eigenvalue weighted by molar-refractivity contribution is 7.07. The minimum atomic E-state index is -0.442. The SMILES string of the molecule is O=c1c(=Cc2ccc(-c3ccccc3[N+](=O)[O-])o2)sc2n1CCCN=2. The van der Waals surface area contributed by atoms with Crippen molar-refractivity contribution in [2.24, 2.45) is 4.99 Å². The third kappa shape index (κ3) is 2.80. The van der Waals surface area contributed by atoms with Crippen LogP contribution >= 0.6 is 11.3 Å². The molecule has 7 nitrogen and oxygen atoms in total. The first kappa shape index (κ1) is 15.5. The van der Waals surface area contributed by atoms with Crippen LogP contribution in [0.25, 0.3) is 17.4 Å². The molecule has 3 heterocycles. The zero-order valence-corrected chi connectivity index (χ0v) is 13.9. The number of thiazole rings is 1. The van der Waals surface area contributed by atoms with Gasteiger partial charge in [-0.2, -0.15) is 0 Å². The maximum atomic E-state index is 12.4. The number of hydrogen-bond acceptors (Lipinski definition) is 6. The van der Waals surface area contributed by atoms with E-state index < -0.39 is 4.92 Å². The minimum Gasteiger partial charge on any atom is -0.456 e. The molecule has 0 spiro atoms. The molecule has 8 heteroatoms. The maximum Gasteiger partial charge on any atom is 0.280 e. The molecule has 126 valence electrons. The molecule has 0 unspecified atom stereocenters. The summed E-state index contributed by atoms with van der Waals surface area (Å²) in [5, 5.41) is 11.2. The van der Waals surface area contributed by atoms with Crippen LogP contribution in [0.1, 0.15) is 12.2 Å². The van der Waals surface area contributed by atoms with Crippen molar-refractivity contribution in [2.75, 3.05) is 6.54 Å². The molecular weight excluding hydrogens is 342 g/mol. The van der Waals surface area contributed by atoms with E-state index in [-0.39, 0.29) is 11.2 Å². The maximum absolute atomic E-state index is 12.4. The van der Waals surface area contributed by atoms with E-state index in [1.165, 1.54) is 17.4 Å². The lowest BCUT2D eigenvalue weighted by atomic mass is 10.1. The standard InChI is InChI=1S/C17H13N3O4S/c21-16-15(25-17-18-8-3-9-19(16)17)10-11-6-7-14(24-11)12-4-1-2-5-13(12)20(22)23/h1-2,4-7,10H,3,8-9H2. The van der Waals surface area contributed by atoms with E-state index in [2.05, 4.69) is 4.99 Å². The van der Waals surface area contributed by atoms with Crippen LogP contribution in [-0.4, -0.2) is 16.0 Å². The van der Waals surface area contributed by atoms with E-state index in [4.69, 9.17) is 4.42 Å². The lowest BCUT2D eigenvalue weighted by Gasteiger charge is -2.03. The fraction of sp³-hybridized carbons (Fsp3) is 0.176. The van der Waals surface area contributed by atoms with Crippen molar-refractivity contribution in [1.29, 1.82) is 0 Å². The number of para-hydroxylation sites is 1. The first-order chi connectivity index (χ1) is 12.1. The number of benzene rings is 1. The second kappa shape index (κ2) is 6.14. The van der Waals surface area contributed by atoms with E-state index in [0.717, 1.165) is 17.8 Å². The number of furan rings is 1. The Morgan fingerprint density at radius 1 is 1.28 bits per heavy atom. The van der Waals surface area contributed by atoms with Crippen molar-refractivity contribution < 1.29 is 9.34 Å². The van der Waals surface area contributed by atoms with Crippen LogP contribution in [0.3, 0.4) is 0 Å². The van der Waals surface area contributed by atoms with Gasteiger partial charge >= 0.3 is 0 Å². The summed E-state index contributed by atoms with van der Waals surface area (Å²) in [7, 11) is 0. The summed E-state index contributed by atoms with van der Waals surface area (Å²) >= 11 is 1.33. The lowest BCUT2D eigenvalue weighted by Crippen LogP contribution is -2.33. The van der Waals surface area contributed by atoms with Gasteiger partial charge in [-0.3, -0.25) is 24.5 Å². The molecule has 0 atom stereocenters. The number of nitrogens with zero attached hydrogens (tertiary/aromatic N) is 3. The van der Waals surface area contributed by atoms with Gasteiger partial charge < -0.3 is 4.42 Å². The monoisotopic (exact) mass is 355 g/mol. The molecule has 0 aliphatic carbocycles. The van der Waals surface area contributed by atoms with Gasteiger partial charge in [-0.25, -0.2) is 0 Å². The molecule has 2 aromatic heterocycles. The smallest absolute Gasteiger partial charge is 0.280 e. The average molecular weight is 355 g/mol. The Balaban J connectivity index is 1.78. The highest BCUT2D eigenvalue weighted by Gasteiger charge is 2.17. The third-order valence-electron chi connectivity index (χ3n) is 3.94. The fourth-order valence-electron chi connectivity index (χ4n) is 2.77. The molecule has 25 heavy (non-hydrogen) atoms. The number of rotatable bonds is 3. The van der Waals surface area contributed by atoms with Crippen LogP contribution in [0.15, 0.2) is 50.6 Å². The normalized spacial score (nSPS) is 14.2. The van der Waals surface area contributed by atoms with Crippen LogP contribution in [0.2, 0.25) is 0 Å². The van der Waals surface area contributed by atoms with Gasteiger partial charge in [0.25, 0.3) is 11.2 Å². The van der Waals surface area contributed by atoms with E-state index in [9.17, 15) is 14.9 Å². The van der Waals surface area contributed by atoms with Crippen molar-refractivity contribution in [3.05, 3.63) is 72.0 Å². The highest BCUT2D eigenvalue weighted by atomic mass is 32.1. The largest absolute Gasteiger partial charge is 0.456 e. The Hall–Kier alpha value is -3.00. The van der Waals surface area contributed by atoms with Gasteiger partial charge in [0.15, 0.2) is 4.80 Å². The number of aromatic nitrogens is 1. The van der Waals surface area contributed by atoms with Crippen LogP contribution in [0.4, 0.5) is 5.69 Å². The molecule has 0 fully saturated rings. The van der Waals surface area contributed by atoms with Gasteiger partial charge in [0, 0.05) is 25.2 Å².